The fourth-order valence-corrected chi connectivity index (χ4v) is 3.94. The molecule has 0 saturated carbocycles. The maximum absolute atomic E-state index is 14.3. The fourth-order valence-electron chi connectivity index (χ4n) is 3.24. The average molecular weight is 455 g/mol. The third-order valence-electron chi connectivity index (χ3n) is 4.37. The largest absolute Gasteiger partial charge is 0.443 e. The lowest BCUT2D eigenvalue weighted by molar-refractivity contribution is -0.112. The van der Waals surface area contributed by atoms with Gasteiger partial charge in [-0.05, 0) is 53.9 Å². The van der Waals surface area contributed by atoms with Gasteiger partial charge >= 0.3 is 6.09 Å². The van der Waals surface area contributed by atoms with Crippen molar-refractivity contribution < 1.29 is 18.7 Å². The Bertz CT molecular complexity index is 914. The maximum Gasteiger partial charge on any atom is 0.415 e. The number of rotatable bonds is 2. The van der Waals surface area contributed by atoms with Crippen molar-refractivity contribution in [1.29, 1.82) is 0 Å². The van der Waals surface area contributed by atoms with Crippen LogP contribution in [0.3, 0.4) is 0 Å². The second kappa shape index (κ2) is 6.91. The quantitative estimate of drug-likeness (QED) is 0.436. The number of carbonyl (C=O) groups excluding carboxylic acids is 2. The van der Waals surface area contributed by atoms with Gasteiger partial charge in [0.25, 0.3) is 0 Å². The molecule has 142 valence electrons. The van der Waals surface area contributed by atoms with E-state index in [0.717, 1.165) is 0 Å². The Labute approximate surface area is 170 Å². The Morgan fingerprint density at radius 3 is 2.52 bits per heavy atom. The summed E-state index contributed by atoms with van der Waals surface area (Å²) < 4.78 is 20.2. The van der Waals surface area contributed by atoms with E-state index < -0.39 is 23.1 Å². The van der Waals surface area contributed by atoms with Crippen molar-refractivity contribution in [3.63, 3.8) is 0 Å². The minimum atomic E-state index is -1.36. The molecule has 0 spiro atoms. The number of nitrogens with zero attached hydrogens (tertiary/aromatic N) is 1. The summed E-state index contributed by atoms with van der Waals surface area (Å²) in [7, 11) is 0. The number of anilines is 1. The second-order valence-corrected chi connectivity index (χ2v) is 8.56. The Balaban J connectivity index is 2.26. The molecular weight excluding hydrogens is 437 g/mol. The fraction of sp³-hybridized carbons (Fsp3) is 0.300. The molecule has 1 aliphatic heterocycles. The Kier molecular flexibility index (Phi) is 5.08. The van der Waals surface area contributed by atoms with Crippen LogP contribution < -0.4 is 4.90 Å². The molecule has 0 bridgehead atoms. The molecule has 0 fully saturated rings. The van der Waals surface area contributed by atoms with Gasteiger partial charge in [0.1, 0.15) is 17.0 Å². The number of amides is 1. The zero-order valence-corrected chi connectivity index (χ0v) is 17.4. The molecule has 1 amide bonds. The average Bonchev–Trinajstić information content (AvgIpc) is 2.95. The molecular formula is C20H18BrClFNO3. The summed E-state index contributed by atoms with van der Waals surface area (Å²) >= 11 is 9.34. The first-order chi connectivity index (χ1) is 12.6. The molecule has 1 aliphatic rings. The monoisotopic (exact) mass is 453 g/mol. The molecule has 2 aromatic carbocycles. The summed E-state index contributed by atoms with van der Waals surface area (Å²) in [5.41, 5.74) is -0.707. The highest BCUT2D eigenvalue weighted by Gasteiger charge is 2.51. The molecule has 4 nitrogen and oxygen atoms in total. The number of ether oxygens (including phenoxy) is 1. The lowest BCUT2D eigenvalue weighted by Gasteiger charge is -2.35. The van der Waals surface area contributed by atoms with Crippen LogP contribution in [0, 0.1) is 5.82 Å². The van der Waals surface area contributed by atoms with Crippen molar-refractivity contribution in [3.8, 4) is 0 Å². The predicted octanol–water partition coefficient (Wildman–Crippen LogP) is 5.63. The van der Waals surface area contributed by atoms with Gasteiger partial charge in [-0.2, -0.15) is 0 Å². The Hall–Kier alpha value is -1.92. The van der Waals surface area contributed by atoms with E-state index in [9.17, 15) is 14.0 Å². The number of halogens is 3. The lowest BCUT2D eigenvalue weighted by Crippen LogP contribution is -2.50. The molecule has 0 N–H and O–H groups in total. The van der Waals surface area contributed by atoms with Crippen molar-refractivity contribution in [2.45, 2.75) is 38.3 Å². The normalized spacial score (nSPS) is 19.0. The first-order valence-corrected chi connectivity index (χ1v) is 9.49. The topological polar surface area (TPSA) is 46.6 Å². The number of hydrogen-bond donors (Lipinski definition) is 0. The van der Waals surface area contributed by atoms with E-state index in [2.05, 4.69) is 15.9 Å². The summed E-state index contributed by atoms with van der Waals surface area (Å²) in [5, 5.41) is -0.0901. The van der Waals surface area contributed by atoms with E-state index in [1.54, 1.807) is 45.0 Å². The molecule has 0 aliphatic carbocycles. The Morgan fingerprint density at radius 2 is 1.96 bits per heavy atom. The van der Waals surface area contributed by atoms with Gasteiger partial charge in [0.15, 0.2) is 6.29 Å². The summed E-state index contributed by atoms with van der Waals surface area (Å²) in [6, 6.07) is 10.0. The molecule has 0 aromatic heterocycles. The molecule has 0 unspecified atom stereocenters. The van der Waals surface area contributed by atoms with Gasteiger partial charge in [-0.1, -0.05) is 41.9 Å². The van der Waals surface area contributed by atoms with E-state index in [-0.39, 0.29) is 17.1 Å². The number of aldehydes is 1. The summed E-state index contributed by atoms with van der Waals surface area (Å²) in [5.74, 6) is -0.689. The van der Waals surface area contributed by atoms with E-state index in [0.29, 0.717) is 21.9 Å². The molecule has 0 radical (unpaired) electrons. The third kappa shape index (κ3) is 3.36. The van der Waals surface area contributed by atoms with Crippen molar-refractivity contribution >= 4 is 45.6 Å². The molecule has 1 heterocycles. The smallest absolute Gasteiger partial charge is 0.415 e. The van der Waals surface area contributed by atoms with E-state index >= 15 is 0 Å². The minimum Gasteiger partial charge on any atom is -0.443 e. The number of hydrogen-bond acceptors (Lipinski definition) is 3. The van der Waals surface area contributed by atoms with Crippen molar-refractivity contribution in [3.05, 3.63) is 62.8 Å². The maximum atomic E-state index is 14.3. The minimum absolute atomic E-state index is 0.0901. The first-order valence-electron chi connectivity index (χ1n) is 8.32. The van der Waals surface area contributed by atoms with Crippen molar-refractivity contribution in [1.82, 2.24) is 0 Å². The van der Waals surface area contributed by atoms with Crippen LogP contribution in [0.25, 0.3) is 0 Å². The predicted molar refractivity (Wildman–Crippen MR) is 106 cm³/mol. The molecule has 2 aromatic rings. The van der Waals surface area contributed by atoms with Crippen LogP contribution in [-0.4, -0.2) is 18.0 Å². The van der Waals surface area contributed by atoms with Crippen LogP contribution >= 0.6 is 27.5 Å². The standard InChI is InChI=1S/C20H18BrClFNO3/c1-19(2,3)27-18(26)24-15-9-14(23)17(22)16(21)13(15)10-20(24,11-25)12-7-5-4-6-8-12/h4-9,11H,10H2,1-3H3/t20-/m1/s1. The van der Waals surface area contributed by atoms with Gasteiger partial charge in [-0.25, -0.2) is 9.18 Å². The van der Waals surface area contributed by atoms with Crippen molar-refractivity contribution in [2.24, 2.45) is 0 Å². The van der Waals surface area contributed by atoms with Gasteiger partial charge in [0, 0.05) is 10.9 Å². The van der Waals surface area contributed by atoms with E-state index in [4.69, 9.17) is 16.3 Å². The third-order valence-corrected chi connectivity index (χ3v) is 5.84. The number of benzene rings is 2. The molecule has 27 heavy (non-hydrogen) atoms. The SMILES string of the molecule is CC(C)(C)OC(=O)N1c2cc(F)c(Cl)c(Br)c2C[C@@]1(C=O)c1ccccc1. The van der Waals surface area contributed by atoms with Crippen LogP contribution in [-0.2, 0) is 21.5 Å². The molecule has 1 atom stereocenters. The highest BCUT2D eigenvalue weighted by molar-refractivity contribution is 9.10. The molecule has 3 rings (SSSR count). The zero-order valence-electron chi connectivity index (χ0n) is 15.1. The van der Waals surface area contributed by atoms with Gasteiger partial charge in [-0.3, -0.25) is 4.90 Å². The lowest BCUT2D eigenvalue weighted by atomic mass is 9.87. The zero-order chi connectivity index (χ0) is 20.0. The van der Waals surface area contributed by atoms with Crippen molar-refractivity contribution in [2.75, 3.05) is 4.90 Å². The molecule has 0 saturated heterocycles. The molecule has 7 heteroatoms. The second-order valence-electron chi connectivity index (χ2n) is 7.38. The summed E-state index contributed by atoms with van der Waals surface area (Å²) in [6.07, 6.45) is 0.117. The Morgan fingerprint density at radius 1 is 1.33 bits per heavy atom. The first kappa shape index (κ1) is 19.8. The van der Waals surface area contributed by atoms with Crippen LogP contribution in [0.4, 0.5) is 14.9 Å². The van der Waals surface area contributed by atoms with Gasteiger partial charge in [0.2, 0.25) is 0 Å². The summed E-state index contributed by atoms with van der Waals surface area (Å²) in [4.78, 5) is 26.6. The van der Waals surface area contributed by atoms with E-state index in [1.807, 2.05) is 6.07 Å². The van der Waals surface area contributed by atoms with Crippen LogP contribution in [0.2, 0.25) is 5.02 Å². The van der Waals surface area contributed by atoms with Crippen LogP contribution in [0.1, 0.15) is 31.9 Å². The highest BCUT2D eigenvalue weighted by atomic mass is 79.9. The van der Waals surface area contributed by atoms with Gasteiger partial charge in [-0.15, -0.1) is 0 Å². The summed E-state index contributed by atoms with van der Waals surface area (Å²) in [6.45, 7) is 5.18. The van der Waals surface area contributed by atoms with Crippen LogP contribution in [0.5, 0.6) is 0 Å². The highest BCUT2D eigenvalue weighted by Crippen LogP contribution is 2.49. The van der Waals surface area contributed by atoms with Gasteiger partial charge in [0.05, 0.1) is 10.7 Å². The van der Waals surface area contributed by atoms with Crippen LogP contribution in [0.15, 0.2) is 40.9 Å². The number of carbonyl (C=O) groups is 2. The number of fused-ring (bicyclic) bond motifs is 1. The van der Waals surface area contributed by atoms with E-state index in [1.165, 1.54) is 11.0 Å². The van der Waals surface area contributed by atoms with Gasteiger partial charge < -0.3 is 9.53 Å².